The first kappa shape index (κ1) is 17.5. The van der Waals surface area contributed by atoms with Gasteiger partial charge in [-0.3, -0.25) is 13.9 Å². The highest BCUT2D eigenvalue weighted by molar-refractivity contribution is 7.89. The molecule has 0 aliphatic carbocycles. The molecule has 1 aliphatic rings. The number of aliphatic hydroxyl groups excluding tert-OH is 1. The monoisotopic (exact) mass is 374 g/mol. The van der Waals surface area contributed by atoms with Gasteiger partial charge in [-0.2, -0.15) is 0 Å². The molecule has 0 saturated heterocycles. The number of fused-ring (bicyclic) bond motifs is 1. The third kappa shape index (κ3) is 2.68. The maximum absolute atomic E-state index is 12.6. The smallest absolute Gasteiger partial charge is 0.276 e. The van der Waals surface area contributed by atoms with E-state index in [9.17, 15) is 28.2 Å². The van der Waals surface area contributed by atoms with Gasteiger partial charge in [0.05, 0.1) is 10.6 Å². The number of carbonyl (C=O) groups excluding carboxylic acids is 1. The van der Waals surface area contributed by atoms with E-state index in [2.05, 4.69) is 5.32 Å². The molecule has 0 spiro atoms. The van der Waals surface area contributed by atoms with Gasteiger partial charge < -0.3 is 15.5 Å². The summed E-state index contributed by atoms with van der Waals surface area (Å²) in [6, 6.07) is 10.9. The number of nitrogens with one attached hydrogen (secondary N) is 1. The highest BCUT2D eigenvalue weighted by Gasteiger charge is 2.37. The van der Waals surface area contributed by atoms with Gasteiger partial charge in [0.1, 0.15) is 0 Å². The fourth-order valence-electron chi connectivity index (χ4n) is 2.55. The molecule has 1 amide bonds. The molecule has 8 nitrogen and oxygen atoms in total. The van der Waals surface area contributed by atoms with E-state index < -0.39 is 38.6 Å². The van der Waals surface area contributed by atoms with Gasteiger partial charge in [-0.05, 0) is 24.3 Å². The number of hydrogen-bond donors (Lipinski definition) is 3. The highest BCUT2D eigenvalue weighted by atomic mass is 32.2. The number of anilines is 1. The zero-order chi connectivity index (χ0) is 19.1. The van der Waals surface area contributed by atoms with E-state index in [-0.39, 0.29) is 16.1 Å². The zero-order valence-electron chi connectivity index (χ0n) is 13.5. The largest absolute Gasteiger partial charge is 0.505 e. The summed E-state index contributed by atoms with van der Waals surface area (Å²) >= 11 is 0. The molecule has 134 valence electrons. The third-order valence-corrected chi connectivity index (χ3v) is 5.70. The van der Waals surface area contributed by atoms with Crippen molar-refractivity contribution in [2.75, 3.05) is 12.4 Å². The van der Waals surface area contributed by atoms with Crippen LogP contribution in [0.3, 0.4) is 0 Å². The van der Waals surface area contributed by atoms with Crippen molar-refractivity contribution in [3.8, 4) is 5.75 Å². The van der Waals surface area contributed by atoms with Crippen molar-refractivity contribution in [3.05, 3.63) is 70.0 Å². The zero-order valence-corrected chi connectivity index (χ0v) is 14.3. The van der Waals surface area contributed by atoms with Crippen molar-refractivity contribution in [2.24, 2.45) is 0 Å². The molecule has 0 unspecified atom stereocenters. The van der Waals surface area contributed by atoms with Crippen LogP contribution in [0.25, 0.3) is 5.76 Å². The Balaban J connectivity index is 2.12. The Bertz CT molecular complexity index is 1110. The van der Waals surface area contributed by atoms with Gasteiger partial charge in [-0.1, -0.05) is 24.3 Å². The number of sulfonamides is 1. The number of rotatable bonds is 2. The Morgan fingerprint density at radius 1 is 1.04 bits per heavy atom. The Labute approximate surface area is 148 Å². The highest BCUT2D eigenvalue weighted by Crippen LogP contribution is 2.34. The summed E-state index contributed by atoms with van der Waals surface area (Å²) in [7, 11) is -2.92. The van der Waals surface area contributed by atoms with Crippen molar-refractivity contribution in [3.63, 3.8) is 0 Å². The quantitative estimate of drug-likeness (QED) is 0.727. The topological polar surface area (TPSA) is 124 Å². The molecule has 1 heterocycles. The second-order valence-corrected chi connectivity index (χ2v) is 7.40. The van der Waals surface area contributed by atoms with E-state index in [4.69, 9.17) is 0 Å². The Morgan fingerprint density at radius 3 is 2.38 bits per heavy atom. The summed E-state index contributed by atoms with van der Waals surface area (Å²) in [4.78, 5) is 24.5. The molecule has 9 heteroatoms. The number of amides is 1. The van der Waals surface area contributed by atoms with Crippen LogP contribution in [0.1, 0.15) is 5.56 Å². The van der Waals surface area contributed by atoms with Gasteiger partial charge in [0.25, 0.3) is 15.9 Å². The van der Waals surface area contributed by atoms with E-state index in [1.165, 1.54) is 42.5 Å². The summed E-state index contributed by atoms with van der Waals surface area (Å²) < 4.78 is 25.8. The van der Waals surface area contributed by atoms with Crippen molar-refractivity contribution >= 4 is 27.4 Å². The second-order valence-electron chi connectivity index (χ2n) is 5.47. The van der Waals surface area contributed by atoms with E-state index in [0.717, 1.165) is 13.1 Å². The summed E-state index contributed by atoms with van der Waals surface area (Å²) in [5.74, 6) is -2.13. The summed E-state index contributed by atoms with van der Waals surface area (Å²) in [5.41, 5.74) is -1.65. The second kappa shape index (κ2) is 6.19. The molecule has 26 heavy (non-hydrogen) atoms. The number of carbonyl (C=O) groups is 1. The number of nitrogens with zero attached hydrogens (tertiary/aromatic N) is 1. The fraction of sp³-hybridized carbons (Fsp3) is 0.0588. The lowest BCUT2D eigenvalue weighted by molar-refractivity contribution is -0.113. The molecule has 0 aromatic heterocycles. The third-order valence-electron chi connectivity index (χ3n) is 3.89. The first-order chi connectivity index (χ1) is 12.2. The van der Waals surface area contributed by atoms with Crippen molar-refractivity contribution < 1.29 is 23.4 Å². The Hall–Kier alpha value is -3.33. The molecule has 0 atom stereocenters. The van der Waals surface area contributed by atoms with Crippen LogP contribution in [0, 0.1) is 0 Å². The van der Waals surface area contributed by atoms with Gasteiger partial charge in [0.2, 0.25) is 5.43 Å². The SMILES string of the molecule is CN1C(C(=O)Nc2ccccc(O)c2=O)=C(O)c2ccccc2S1(=O)=O. The van der Waals surface area contributed by atoms with Gasteiger partial charge in [-0.15, -0.1) is 0 Å². The molecule has 0 radical (unpaired) electrons. The molecular weight excluding hydrogens is 360 g/mol. The number of aromatic hydroxyl groups is 1. The van der Waals surface area contributed by atoms with Crippen LogP contribution in [0.2, 0.25) is 0 Å². The van der Waals surface area contributed by atoms with E-state index in [1.807, 2.05) is 0 Å². The van der Waals surface area contributed by atoms with E-state index >= 15 is 0 Å². The molecule has 0 fully saturated rings. The maximum Gasteiger partial charge on any atom is 0.276 e. The molecular formula is C17H14N2O6S. The van der Waals surface area contributed by atoms with Crippen LogP contribution < -0.4 is 10.7 Å². The molecule has 1 aliphatic heterocycles. The number of likely N-dealkylation sites (N-methyl/N-ethyl adjacent to an activating group) is 1. The normalized spacial score (nSPS) is 15.3. The standard InChI is InChI=1S/C17H14N2O6S/c1-19-14(15(21)10-6-2-5-9-13(10)26(19,24)25)17(23)18-11-7-3-4-8-12(20)16(11)22/h2-9,21H,1H3,(H2,18,20,22,23). The summed E-state index contributed by atoms with van der Waals surface area (Å²) in [5, 5.41) is 22.2. The Kier molecular flexibility index (Phi) is 4.17. The summed E-state index contributed by atoms with van der Waals surface area (Å²) in [6.45, 7) is 0. The van der Waals surface area contributed by atoms with Crippen molar-refractivity contribution in [1.82, 2.24) is 4.31 Å². The molecule has 2 aromatic rings. The van der Waals surface area contributed by atoms with Gasteiger partial charge in [-0.25, -0.2) is 8.42 Å². The van der Waals surface area contributed by atoms with Crippen LogP contribution in [0.15, 0.2) is 63.9 Å². The average Bonchev–Trinajstić information content (AvgIpc) is 2.76. The lowest BCUT2D eigenvalue weighted by Crippen LogP contribution is -2.37. The summed E-state index contributed by atoms with van der Waals surface area (Å²) in [6.07, 6.45) is 0. The first-order valence-electron chi connectivity index (χ1n) is 7.40. The fourth-order valence-corrected chi connectivity index (χ4v) is 3.95. The van der Waals surface area contributed by atoms with Crippen LogP contribution in [-0.4, -0.2) is 35.9 Å². The van der Waals surface area contributed by atoms with Gasteiger partial charge in [0, 0.05) is 12.6 Å². The molecule has 0 bridgehead atoms. The van der Waals surface area contributed by atoms with Gasteiger partial charge in [0.15, 0.2) is 17.2 Å². The predicted octanol–water partition coefficient (Wildman–Crippen LogP) is 1.25. The van der Waals surface area contributed by atoms with Crippen LogP contribution >= 0.6 is 0 Å². The molecule has 3 rings (SSSR count). The van der Waals surface area contributed by atoms with Crippen molar-refractivity contribution in [1.29, 1.82) is 0 Å². The lowest BCUT2D eigenvalue weighted by Gasteiger charge is -2.28. The van der Waals surface area contributed by atoms with Crippen LogP contribution in [-0.2, 0) is 14.8 Å². The average molecular weight is 374 g/mol. The maximum atomic E-state index is 12.6. The molecule has 2 aromatic carbocycles. The van der Waals surface area contributed by atoms with E-state index in [1.54, 1.807) is 0 Å². The lowest BCUT2D eigenvalue weighted by atomic mass is 10.1. The minimum Gasteiger partial charge on any atom is -0.505 e. The van der Waals surface area contributed by atoms with Crippen LogP contribution in [0.4, 0.5) is 5.69 Å². The van der Waals surface area contributed by atoms with Gasteiger partial charge >= 0.3 is 0 Å². The molecule has 3 N–H and O–H groups in total. The van der Waals surface area contributed by atoms with E-state index in [0.29, 0.717) is 4.31 Å². The molecule has 0 saturated carbocycles. The minimum absolute atomic E-state index is 0.0143. The minimum atomic E-state index is -4.04. The van der Waals surface area contributed by atoms with Crippen LogP contribution in [0.5, 0.6) is 5.75 Å². The van der Waals surface area contributed by atoms with Crippen molar-refractivity contribution in [2.45, 2.75) is 4.90 Å². The number of benzene rings is 1. The first-order valence-corrected chi connectivity index (χ1v) is 8.84. The number of hydrogen-bond acceptors (Lipinski definition) is 6. The number of aliphatic hydroxyl groups is 1. The Morgan fingerprint density at radius 2 is 1.65 bits per heavy atom. The predicted molar refractivity (Wildman–Crippen MR) is 93.9 cm³/mol.